The van der Waals surface area contributed by atoms with Crippen molar-refractivity contribution in [2.45, 2.75) is 32.4 Å². The first-order chi connectivity index (χ1) is 4.05. The second kappa shape index (κ2) is 1.72. The molecule has 0 radical (unpaired) electrons. The van der Waals surface area contributed by atoms with E-state index in [4.69, 9.17) is 0 Å². The maximum atomic E-state index is 4.27. The van der Waals surface area contributed by atoms with Crippen LogP contribution >= 0.6 is 0 Å². The average Bonchev–Trinajstić information content (AvgIpc) is 1.96. The van der Waals surface area contributed by atoms with E-state index in [0.29, 0.717) is 6.04 Å². The Bertz CT molecular complexity index is 124. The lowest BCUT2D eigenvalue weighted by molar-refractivity contribution is 0.254. The number of hydrogen-bond donors (Lipinski definition) is 0. The standard InChI is InChI=1S/C7H14N2/c1-6-7(2,3)9(4)5-8-6/h5-6H,1-4H3. The Balaban J connectivity index is 2.76. The van der Waals surface area contributed by atoms with E-state index in [0.717, 1.165) is 0 Å². The number of hydrogen-bond acceptors (Lipinski definition) is 2. The van der Waals surface area contributed by atoms with Gasteiger partial charge >= 0.3 is 0 Å². The molecule has 0 aromatic heterocycles. The van der Waals surface area contributed by atoms with E-state index < -0.39 is 0 Å². The number of likely N-dealkylation sites (N-methyl/N-ethyl adjacent to an activating group) is 1. The first kappa shape index (κ1) is 6.59. The van der Waals surface area contributed by atoms with Gasteiger partial charge in [-0.15, -0.1) is 0 Å². The molecule has 0 aliphatic carbocycles. The molecule has 1 unspecified atom stereocenters. The largest absolute Gasteiger partial charge is 0.359 e. The number of nitrogens with zero attached hydrogens (tertiary/aromatic N) is 2. The maximum Gasteiger partial charge on any atom is 0.0856 e. The molecule has 0 bridgehead atoms. The van der Waals surface area contributed by atoms with Crippen LogP contribution in [0.25, 0.3) is 0 Å². The average molecular weight is 126 g/mol. The highest BCUT2D eigenvalue weighted by Gasteiger charge is 2.32. The fourth-order valence-electron chi connectivity index (χ4n) is 0.826. The molecule has 2 nitrogen and oxygen atoms in total. The highest BCUT2D eigenvalue weighted by Crippen LogP contribution is 2.22. The summed E-state index contributed by atoms with van der Waals surface area (Å²) in [4.78, 5) is 6.42. The van der Waals surface area contributed by atoms with E-state index in [1.165, 1.54) is 0 Å². The molecule has 0 saturated heterocycles. The van der Waals surface area contributed by atoms with E-state index in [9.17, 15) is 0 Å². The zero-order valence-electron chi connectivity index (χ0n) is 6.55. The highest BCUT2D eigenvalue weighted by atomic mass is 15.3. The predicted octanol–water partition coefficient (Wildman–Crippen LogP) is 1.13. The first-order valence-corrected chi connectivity index (χ1v) is 3.31. The molecule has 1 aliphatic heterocycles. The van der Waals surface area contributed by atoms with Gasteiger partial charge < -0.3 is 4.90 Å². The van der Waals surface area contributed by atoms with E-state index in [1.54, 1.807) is 0 Å². The molecule has 0 N–H and O–H groups in total. The lowest BCUT2D eigenvalue weighted by Gasteiger charge is -2.30. The molecule has 2 heteroatoms. The highest BCUT2D eigenvalue weighted by molar-refractivity contribution is 5.59. The summed E-state index contributed by atoms with van der Waals surface area (Å²) in [5.74, 6) is 0. The second-order valence-electron chi connectivity index (χ2n) is 3.21. The lowest BCUT2D eigenvalue weighted by Crippen LogP contribution is -2.42. The molecule has 0 aromatic rings. The monoisotopic (exact) mass is 126 g/mol. The van der Waals surface area contributed by atoms with Crippen molar-refractivity contribution in [3.63, 3.8) is 0 Å². The zero-order valence-corrected chi connectivity index (χ0v) is 6.55. The van der Waals surface area contributed by atoms with Gasteiger partial charge in [-0.05, 0) is 20.8 Å². The molecule has 1 atom stereocenters. The molecule has 0 fully saturated rings. The Morgan fingerprint density at radius 1 is 1.56 bits per heavy atom. The molecule has 0 aromatic carbocycles. The van der Waals surface area contributed by atoms with Crippen molar-refractivity contribution in [2.24, 2.45) is 4.99 Å². The quantitative estimate of drug-likeness (QED) is 0.475. The van der Waals surface area contributed by atoms with Crippen molar-refractivity contribution in [2.75, 3.05) is 7.05 Å². The van der Waals surface area contributed by atoms with Crippen LogP contribution in [0.2, 0.25) is 0 Å². The van der Waals surface area contributed by atoms with Crippen molar-refractivity contribution >= 4 is 6.34 Å². The fourth-order valence-corrected chi connectivity index (χ4v) is 0.826. The third-order valence-corrected chi connectivity index (χ3v) is 2.39. The van der Waals surface area contributed by atoms with Gasteiger partial charge in [0.2, 0.25) is 0 Å². The van der Waals surface area contributed by atoms with Crippen LogP contribution in [0.5, 0.6) is 0 Å². The van der Waals surface area contributed by atoms with Gasteiger partial charge in [0, 0.05) is 7.05 Å². The summed E-state index contributed by atoms with van der Waals surface area (Å²) >= 11 is 0. The van der Waals surface area contributed by atoms with Crippen LogP contribution in [0.3, 0.4) is 0 Å². The lowest BCUT2D eigenvalue weighted by atomic mass is 9.97. The van der Waals surface area contributed by atoms with Crippen molar-refractivity contribution in [3.05, 3.63) is 0 Å². The van der Waals surface area contributed by atoms with E-state index in [2.05, 4.69) is 37.7 Å². The van der Waals surface area contributed by atoms with Crippen LogP contribution in [0, 0.1) is 0 Å². The number of rotatable bonds is 0. The number of aliphatic imine (C=N–C) groups is 1. The normalized spacial score (nSPS) is 31.6. The molecule has 52 valence electrons. The van der Waals surface area contributed by atoms with Crippen molar-refractivity contribution in [3.8, 4) is 0 Å². The zero-order chi connectivity index (χ0) is 7.07. The van der Waals surface area contributed by atoms with Crippen LogP contribution in [0.15, 0.2) is 4.99 Å². The van der Waals surface area contributed by atoms with Crippen molar-refractivity contribution in [1.29, 1.82) is 0 Å². The Kier molecular flexibility index (Phi) is 1.26. The molecular weight excluding hydrogens is 112 g/mol. The Labute approximate surface area is 56.6 Å². The predicted molar refractivity (Wildman–Crippen MR) is 39.8 cm³/mol. The second-order valence-corrected chi connectivity index (χ2v) is 3.21. The smallest absolute Gasteiger partial charge is 0.0856 e. The summed E-state index contributed by atoms with van der Waals surface area (Å²) in [6, 6.07) is 0.433. The minimum absolute atomic E-state index is 0.222. The maximum absolute atomic E-state index is 4.27. The topological polar surface area (TPSA) is 15.6 Å². The van der Waals surface area contributed by atoms with Gasteiger partial charge in [0.1, 0.15) is 0 Å². The minimum atomic E-state index is 0.222. The van der Waals surface area contributed by atoms with Crippen LogP contribution in [-0.2, 0) is 0 Å². The van der Waals surface area contributed by atoms with E-state index >= 15 is 0 Å². The third kappa shape index (κ3) is 0.824. The molecule has 0 saturated carbocycles. The van der Waals surface area contributed by atoms with E-state index in [-0.39, 0.29) is 5.54 Å². The molecule has 1 heterocycles. The summed E-state index contributed by atoms with van der Waals surface area (Å²) in [7, 11) is 2.06. The SMILES string of the molecule is CC1N=CN(C)C1(C)C. The van der Waals surface area contributed by atoms with Crippen LogP contribution < -0.4 is 0 Å². The Morgan fingerprint density at radius 2 is 2.11 bits per heavy atom. The van der Waals surface area contributed by atoms with Crippen LogP contribution in [0.4, 0.5) is 0 Å². The van der Waals surface area contributed by atoms with Gasteiger partial charge in [-0.1, -0.05) is 0 Å². The molecular formula is C7H14N2. The van der Waals surface area contributed by atoms with Gasteiger partial charge in [0.05, 0.1) is 17.9 Å². The first-order valence-electron chi connectivity index (χ1n) is 3.31. The van der Waals surface area contributed by atoms with Crippen molar-refractivity contribution in [1.82, 2.24) is 4.90 Å². The minimum Gasteiger partial charge on any atom is -0.359 e. The molecule has 1 aliphatic rings. The summed E-state index contributed by atoms with van der Waals surface area (Å²) in [6.07, 6.45) is 1.91. The fraction of sp³-hybridized carbons (Fsp3) is 0.857. The molecule has 0 spiro atoms. The van der Waals surface area contributed by atoms with Gasteiger partial charge in [-0.25, -0.2) is 0 Å². The van der Waals surface area contributed by atoms with Gasteiger partial charge in [-0.3, -0.25) is 4.99 Å². The Morgan fingerprint density at radius 3 is 2.22 bits per heavy atom. The van der Waals surface area contributed by atoms with Crippen molar-refractivity contribution < 1.29 is 0 Å². The van der Waals surface area contributed by atoms with E-state index in [1.807, 2.05) is 6.34 Å². The summed E-state index contributed by atoms with van der Waals surface area (Å²) in [5.41, 5.74) is 0.222. The van der Waals surface area contributed by atoms with Gasteiger partial charge in [0.25, 0.3) is 0 Å². The van der Waals surface area contributed by atoms with Crippen LogP contribution in [-0.4, -0.2) is 29.9 Å². The summed E-state index contributed by atoms with van der Waals surface area (Å²) in [6.45, 7) is 6.54. The Hall–Kier alpha value is -0.530. The molecule has 0 amide bonds. The summed E-state index contributed by atoms with van der Waals surface area (Å²) < 4.78 is 0. The van der Waals surface area contributed by atoms with Crippen LogP contribution in [0.1, 0.15) is 20.8 Å². The molecule has 1 rings (SSSR count). The third-order valence-electron chi connectivity index (χ3n) is 2.39. The van der Waals surface area contributed by atoms with Gasteiger partial charge in [-0.2, -0.15) is 0 Å². The van der Waals surface area contributed by atoms with Gasteiger partial charge in [0.15, 0.2) is 0 Å². The summed E-state index contributed by atoms with van der Waals surface area (Å²) in [5, 5.41) is 0. The molecule has 9 heavy (non-hydrogen) atoms.